The second kappa shape index (κ2) is 3.49. The van der Waals surface area contributed by atoms with Crippen molar-refractivity contribution in [3.63, 3.8) is 0 Å². The lowest BCUT2D eigenvalue weighted by atomic mass is 10.2. The van der Waals surface area contributed by atoms with E-state index in [2.05, 4.69) is 0 Å². The zero-order valence-corrected chi connectivity index (χ0v) is 8.08. The lowest BCUT2D eigenvalue weighted by Crippen LogP contribution is -1.93. The Bertz CT molecular complexity index is 434. The van der Waals surface area contributed by atoms with Crippen LogP contribution in [-0.2, 0) is 8.87 Å². The van der Waals surface area contributed by atoms with Crippen LogP contribution in [0.15, 0.2) is 29.2 Å². The maximum Gasteiger partial charge on any atom is 0.229 e. The molecule has 1 rings (SSSR count). The summed E-state index contributed by atoms with van der Waals surface area (Å²) in [5, 5.41) is 0. The number of hydrogen-bond donors (Lipinski definition) is 0. The molecule has 2 nitrogen and oxygen atoms in total. The summed E-state index contributed by atoms with van der Waals surface area (Å²) in [6.07, 6.45) is -2.54. The highest BCUT2D eigenvalue weighted by Crippen LogP contribution is 2.20. The Kier molecular flexibility index (Phi) is 1.76. The van der Waals surface area contributed by atoms with Gasteiger partial charge in [-0.25, -0.2) is 8.42 Å². The van der Waals surface area contributed by atoms with Gasteiger partial charge in [-0.1, -0.05) is 17.7 Å². The molecule has 1 aromatic carbocycles. The Balaban J connectivity index is 3.02. The van der Waals surface area contributed by atoms with Gasteiger partial charge in [0.05, 0.1) is 4.90 Å². The van der Waals surface area contributed by atoms with E-state index in [9.17, 15) is 8.42 Å². The van der Waals surface area contributed by atoms with Gasteiger partial charge in [-0.05, 0) is 36.0 Å². The van der Waals surface area contributed by atoms with Gasteiger partial charge in [0.1, 0.15) is 0 Å². The average molecular weight is 205 g/mol. The first kappa shape index (κ1) is 6.05. The highest BCUT2D eigenvalue weighted by molar-refractivity contribution is 8.71. The summed E-state index contributed by atoms with van der Waals surface area (Å²) in [4.78, 5) is 0.0224. The fraction of sp³-hybridized carbons (Fsp3) is 0.250. The molecule has 0 aliphatic rings. The van der Waals surface area contributed by atoms with Gasteiger partial charge in [0.15, 0.2) is 0 Å². The Morgan fingerprint density at radius 2 is 1.92 bits per heavy atom. The summed E-state index contributed by atoms with van der Waals surface area (Å²) in [6.45, 7) is 1.83. The number of rotatable bonds is 2. The molecule has 0 aromatic heterocycles. The molecule has 0 spiro atoms. The molecule has 0 saturated carbocycles. The second-order valence-electron chi connectivity index (χ2n) is 2.35. The van der Waals surface area contributed by atoms with Crippen LogP contribution in [0.1, 0.15) is 9.68 Å². The van der Waals surface area contributed by atoms with E-state index in [-0.39, 0.29) is 15.7 Å². The minimum absolute atomic E-state index is 0.00979. The summed E-state index contributed by atoms with van der Waals surface area (Å²) in [6, 6.07) is 6.08. The van der Waals surface area contributed by atoms with Gasteiger partial charge in [-0.15, -0.1) is 0 Å². The lowest BCUT2D eigenvalue weighted by Gasteiger charge is -1.99. The molecular formula is C8H10O2S2. The number of benzene rings is 1. The van der Waals surface area contributed by atoms with Crippen LogP contribution < -0.4 is 0 Å². The van der Waals surface area contributed by atoms with Crippen LogP contribution in [0.3, 0.4) is 0 Å². The molecule has 4 heteroatoms. The zero-order chi connectivity index (χ0) is 11.7. The van der Waals surface area contributed by atoms with E-state index in [1.807, 2.05) is 6.92 Å². The first-order chi connectivity index (χ1) is 6.71. The highest BCUT2D eigenvalue weighted by Gasteiger charge is 2.10. The molecule has 0 bridgehead atoms. The summed E-state index contributed by atoms with van der Waals surface area (Å²) in [5.74, 6) is 0. The normalized spacial score (nSPS) is 16.2. The van der Waals surface area contributed by atoms with Gasteiger partial charge in [0.2, 0.25) is 8.87 Å². The quantitative estimate of drug-likeness (QED) is 0.693. The largest absolute Gasteiger partial charge is 0.229 e. The van der Waals surface area contributed by atoms with Crippen molar-refractivity contribution in [3.05, 3.63) is 29.8 Å². The van der Waals surface area contributed by atoms with Crippen molar-refractivity contribution < 1.29 is 12.5 Å². The van der Waals surface area contributed by atoms with Gasteiger partial charge in [-0.2, -0.15) is 0 Å². The first-order valence-corrected chi connectivity index (χ1v) is 6.05. The molecule has 0 N–H and O–H groups in total. The third-order valence-electron chi connectivity index (χ3n) is 1.42. The van der Waals surface area contributed by atoms with Gasteiger partial charge in [0.25, 0.3) is 0 Å². The van der Waals surface area contributed by atoms with Crippen molar-refractivity contribution in [1.29, 1.82) is 0 Å². The highest BCUT2D eigenvalue weighted by atomic mass is 33.1. The third kappa shape index (κ3) is 2.01. The Labute approximate surface area is 80.5 Å². The summed E-state index contributed by atoms with van der Waals surface area (Å²) < 4.78 is 43.8. The van der Waals surface area contributed by atoms with Crippen LogP contribution in [0.5, 0.6) is 0 Å². The van der Waals surface area contributed by atoms with Crippen molar-refractivity contribution in [3.8, 4) is 0 Å². The van der Waals surface area contributed by atoms with Gasteiger partial charge < -0.3 is 0 Å². The van der Waals surface area contributed by atoms with Crippen molar-refractivity contribution >= 4 is 19.7 Å². The third-order valence-corrected chi connectivity index (χ3v) is 3.72. The smallest absolute Gasteiger partial charge is 0.212 e. The first-order valence-electron chi connectivity index (χ1n) is 4.73. The van der Waals surface area contributed by atoms with E-state index in [4.69, 9.17) is 4.11 Å². The molecule has 0 saturated heterocycles. The fourth-order valence-electron chi connectivity index (χ4n) is 0.753. The van der Waals surface area contributed by atoms with Crippen LogP contribution in [0, 0.1) is 6.92 Å². The van der Waals surface area contributed by atoms with Gasteiger partial charge >= 0.3 is 0 Å². The molecule has 0 aliphatic heterocycles. The standard InChI is InChI=1S/C8H10O2S2/c1-7-3-5-8(6-4-7)12(9,10)11-2/h3-6H,1-2H3/i2D3. The molecule has 1 aromatic rings. The van der Waals surface area contributed by atoms with Crippen molar-refractivity contribution in [2.75, 3.05) is 6.18 Å². The molecule has 0 amide bonds. The van der Waals surface area contributed by atoms with Crippen LogP contribution in [-0.4, -0.2) is 14.6 Å². The molecule has 0 unspecified atom stereocenters. The van der Waals surface area contributed by atoms with E-state index in [0.29, 0.717) is 0 Å². The minimum Gasteiger partial charge on any atom is -0.212 e. The summed E-state index contributed by atoms with van der Waals surface area (Å²) in [7, 11) is -3.79. The van der Waals surface area contributed by atoms with Crippen molar-refractivity contribution in [1.82, 2.24) is 0 Å². The zero-order valence-electron chi connectivity index (χ0n) is 9.44. The molecular weight excluding hydrogens is 192 g/mol. The minimum atomic E-state index is -3.78. The van der Waals surface area contributed by atoms with Crippen molar-refractivity contribution in [2.24, 2.45) is 0 Å². The fourth-order valence-corrected chi connectivity index (χ4v) is 1.94. The summed E-state index contributed by atoms with van der Waals surface area (Å²) in [5.41, 5.74) is 0.924. The number of aryl methyl sites for hydroxylation is 1. The SMILES string of the molecule is [2H]C([2H])([2H])SS(=O)(=O)c1ccc(C)cc1. The maximum absolute atomic E-state index is 11.6. The van der Waals surface area contributed by atoms with Crippen LogP contribution in [0.2, 0.25) is 0 Å². The number of hydrogen-bond acceptors (Lipinski definition) is 3. The lowest BCUT2D eigenvalue weighted by molar-refractivity contribution is 0.610. The summed E-state index contributed by atoms with van der Waals surface area (Å²) >= 11 is 0. The molecule has 66 valence electrons. The monoisotopic (exact) mass is 205 g/mol. The topological polar surface area (TPSA) is 34.1 Å². The molecule has 12 heavy (non-hydrogen) atoms. The predicted octanol–water partition coefficient (Wildman–Crippen LogP) is 2.05. The van der Waals surface area contributed by atoms with E-state index in [0.717, 1.165) is 5.56 Å². The Morgan fingerprint density at radius 3 is 2.42 bits per heavy atom. The average Bonchev–Trinajstić information content (AvgIpc) is 2.00. The second-order valence-corrected chi connectivity index (χ2v) is 5.71. The predicted molar refractivity (Wildman–Crippen MR) is 51.9 cm³/mol. The molecule has 0 atom stereocenters. The molecule has 0 aliphatic carbocycles. The molecule has 0 fully saturated rings. The molecule has 0 heterocycles. The Hall–Kier alpha value is -0.480. The van der Waals surface area contributed by atoms with Gasteiger partial charge in [-0.3, -0.25) is 0 Å². The van der Waals surface area contributed by atoms with Crippen LogP contribution in [0.4, 0.5) is 0 Å². The van der Waals surface area contributed by atoms with Crippen LogP contribution in [0.25, 0.3) is 0 Å². The van der Waals surface area contributed by atoms with E-state index in [1.54, 1.807) is 12.1 Å². The van der Waals surface area contributed by atoms with Gasteiger partial charge in [0, 0.05) is 4.11 Å². The van der Waals surface area contributed by atoms with Crippen LogP contribution >= 0.6 is 10.8 Å². The van der Waals surface area contributed by atoms with E-state index < -0.39 is 15.1 Å². The Morgan fingerprint density at radius 1 is 1.33 bits per heavy atom. The van der Waals surface area contributed by atoms with Crippen molar-refractivity contribution in [2.45, 2.75) is 11.8 Å². The maximum atomic E-state index is 11.6. The van der Waals surface area contributed by atoms with E-state index in [1.165, 1.54) is 12.1 Å². The molecule has 0 radical (unpaired) electrons. The van der Waals surface area contributed by atoms with E-state index >= 15 is 0 Å².